The van der Waals surface area contributed by atoms with Crippen molar-refractivity contribution in [3.05, 3.63) is 106 Å². The molecule has 0 unspecified atom stereocenters. The summed E-state index contributed by atoms with van der Waals surface area (Å²) in [6.45, 7) is 1.29. The molecule has 0 aromatic heterocycles. The average Bonchev–Trinajstić information content (AvgIpc) is 3.23. The lowest BCUT2D eigenvalue weighted by atomic mass is 10.1. The van der Waals surface area contributed by atoms with Gasteiger partial charge < -0.3 is 10.2 Å². The van der Waals surface area contributed by atoms with Crippen LogP contribution in [0.4, 0.5) is 0 Å². The van der Waals surface area contributed by atoms with Crippen molar-refractivity contribution in [1.82, 2.24) is 10.2 Å². The molecule has 4 rings (SSSR count). The Morgan fingerprint density at radius 2 is 1.79 bits per heavy atom. The van der Waals surface area contributed by atoms with Crippen molar-refractivity contribution in [3.8, 4) is 0 Å². The van der Waals surface area contributed by atoms with Gasteiger partial charge in [-0.3, -0.25) is 9.59 Å². The summed E-state index contributed by atoms with van der Waals surface area (Å²) < 4.78 is 0. The quantitative estimate of drug-likeness (QED) is 0.349. The molecular formula is C27H27ClN2O2S2. The monoisotopic (exact) mass is 510 g/mol. The number of nitrogens with one attached hydrogen (secondary N) is 1. The van der Waals surface area contributed by atoms with Crippen molar-refractivity contribution in [2.75, 3.05) is 24.6 Å². The lowest BCUT2D eigenvalue weighted by molar-refractivity contribution is -0.128. The average molecular weight is 511 g/mol. The number of rotatable bonds is 10. The smallest absolute Gasteiger partial charge is 0.251 e. The summed E-state index contributed by atoms with van der Waals surface area (Å²) in [4.78, 5) is 26.9. The summed E-state index contributed by atoms with van der Waals surface area (Å²) in [6.07, 6.45) is 0.833. The van der Waals surface area contributed by atoms with Gasteiger partial charge in [0.25, 0.3) is 5.91 Å². The van der Waals surface area contributed by atoms with E-state index in [4.69, 9.17) is 11.6 Å². The molecule has 176 valence electrons. The normalized spacial score (nSPS) is 15.5. The van der Waals surface area contributed by atoms with Gasteiger partial charge in [0.1, 0.15) is 5.37 Å². The molecule has 1 heterocycles. The predicted molar refractivity (Wildman–Crippen MR) is 143 cm³/mol. The largest absolute Gasteiger partial charge is 0.351 e. The number of hydrogen-bond acceptors (Lipinski definition) is 4. The van der Waals surface area contributed by atoms with Gasteiger partial charge in [0.15, 0.2) is 0 Å². The number of hydrogen-bond donors (Lipinski definition) is 1. The minimum Gasteiger partial charge on any atom is -0.351 e. The summed E-state index contributed by atoms with van der Waals surface area (Å²) in [5.41, 5.74) is 4.09. The molecule has 1 N–H and O–H groups in total. The molecule has 7 heteroatoms. The number of thioether (sulfide) groups is 2. The summed E-state index contributed by atoms with van der Waals surface area (Å²) in [5, 5.41) is 3.73. The Morgan fingerprint density at radius 1 is 1.03 bits per heavy atom. The van der Waals surface area contributed by atoms with E-state index in [1.54, 1.807) is 23.5 Å². The van der Waals surface area contributed by atoms with Crippen molar-refractivity contribution in [2.45, 2.75) is 17.5 Å². The highest BCUT2D eigenvalue weighted by atomic mass is 35.5. The Balaban J connectivity index is 1.25. The highest BCUT2D eigenvalue weighted by Crippen LogP contribution is 2.38. The molecule has 1 saturated heterocycles. The number of benzene rings is 3. The number of carbonyl (C=O) groups excluding carboxylic acids is 2. The van der Waals surface area contributed by atoms with Gasteiger partial charge in [-0.2, -0.15) is 11.8 Å². The van der Waals surface area contributed by atoms with Gasteiger partial charge in [-0.15, -0.1) is 11.8 Å². The van der Waals surface area contributed by atoms with E-state index in [1.807, 2.05) is 65.6 Å². The van der Waals surface area contributed by atoms with Crippen LogP contribution in [0.5, 0.6) is 0 Å². The molecule has 0 radical (unpaired) electrons. The fourth-order valence-corrected chi connectivity index (χ4v) is 6.06. The maximum absolute atomic E-state index is 12.5. The minimum absolute atomic E-state index is 0.00351. The van der Waals surface area contributed by atoms with Crippen LogP contribution in [0, 0.1) is 0 Å². The fourth-order valence-electron chi connectivity index (χ4n) is 3.82. The molecule has 0 saturated carbocycles. The van der Waals surface area contributed by atoms with Crippen LogP contribution in [-0.4, -0.2) is 41.3 Å². The zero-order valence-corrected chi connectivity index (χ0v) is 21.2. The molecule has 1 fully saturated rings. The highest BCUT2D eigenvalue weighted by molar-refractivity contribution is 8.00. The molecule has 0 bridgehead atoms. The molecule has 34 heavy (non-hydrogen) atoms. The maximum Gasteiger partial charge on any atom is 0.251 e. The Kier molecular flexibility index (Phi) is 8.97. The van der Waals surface area contributed by atoms with Gasteiger partial charge in [0, 0.05) is 35.2 Å². The summed E-state index contributed by atoms with van der Waals surface area (Å²) in [7, 11) is 0. The minimum atomic E-state index is -0.0778. The zero-order valence-electron chi connectivity index (χ0n) is 18.8. The van der Waals surface area contributed by atoms with Crippen LogP contribution < -0.4 is 5.32 Å². The van der Waals surface area contributed by atoms with Gasteiger partial charge in [-0.1, -0.05) is 66.2 Å². The van der Waals surface area contributed by atoms with E-state index in [0.717, 1.165) is 28.5 Å². The van der Waals surface area contributed by atoms with Crippen LogP contribution in [0.1, 0.15) is 32.4 Å². The van der Waals surface area contributed by atoms with E-state index in [1.165, 1.54) is 11.1 Å². The second-order valence-electron chi connectivity index (χ2n) is 8.05. The van der Waals surface area contributed by atoms with Crippen molar-refractivity contribution in [2.24, 2.45) is 0 Å². The molecule has 1 atom stereocenters. The Labute approximate surface area is 214 Å². The Bertz CT molecular complexity index is 1110. The molecule has 2 amide bonds. The van der Waals surface area contributed by atoms with Crippen LogP contribution >= 0.6 is 35.1 Å². The van der Waals surface area contributed by atoms with Crippen LogP contribution in [0.2, 0.25) is 5.02 Å². The third kappa shape index (κ3) is 6.81. The van der Waals surface area contributed by atoms with Crippen molar-refractivity contribution in [1.29, 1.82) is 0 Å². The molecular weight excluding hydrogens is 484 g/mol. The zero-order chi connectivity index (χ0) is 23.8. The van der Waals surface area contributed by atoms with E-state index >= 15 is 0 Å². The first kappa shape index (κ1) is 24.7. The number of nitrogens with zero attached hydrogens (tertiary/aromatic N) is 1. The van der Waals surface area contributed by atoms with E-state index in [0.29, 0.717) is 24.4 Å². The third-order valence-electron chi connectivity index (χ3n) is 5.60. The molecule has 1 aliphatic rings. The molecule has 3 aromatic rings. The van der Waals surface area contributed by atoms with Crippen molar-refractivity contribution < 1.29 is 9.59 Å². The first-order valence-electron chi connectivity index (χ1n) is 11.3. The first-order chi connectivity index (χ1) is 16.6. The van der Waals surface area contributed by atoms with Crippen LogP contribution in [0.3, 0.4) is 0 Å². The van der Waals surface area contributed by atoms with Crippen LogP contribution in [-0.2, 0) is 17.0 Å². The number of carbonyl (C=O) groups is 2. The number of amides is 2. The standard InChI is InChI=1S/C27H27ClN2O2S2/c28-24-8-4-7-21(17-24)18-33-16-14-29-26(32)22-9-11-23(12-10-22)27-30(25(31)19-34-27)15-13-20-5-2-1-3-6-20/h1-12,17,27H,13-16,18-19H2,(H,29,32)/t27-/m0/s1. The lowest BCUT2D eigenvalue weighted by Gasteiger charge is -2.24. The fraction of sp³-hybridized carbons (Fsp3) is 0.259. The van der Waals surface area contributed by atoms with Gasteiger partial charge in [-0.25, -0.2) is 0 Å². The second kappa shape index (κ2) is 12.3. The molecule has 0 spiro atoms. The lowest BCUT2D eigenvalue weighted by Crippen LogP contribution is -2.30. The molecule has 4 nitrogen and oxygen atoms in total. The second-order valence-corrected chi connectivity index (χ2v) is 10.7. The molecule has 3 aromatic carbocycles. The van der Waals surface area contributed by atoms with Gasteiger partial charge >= 0.3 is 0 Å². The van der Waals surface area contributed by atoms with Crippen LogP contribution in [0.15, 0.2) is 78.9 Å². The summed E-state index contributed by atoms with van der Waals surface area (Å²) in [6, 6.07) is 25.7. The summed E-state index contributed by atoms with van der Waals surface area (Å²) >= 11 is 9.42. The van der Waals surface area contributed by atoms with Gasteiger partial charge in [-0.05, 0) is 47.4 Å². The van der Waals surface area contributed by atoms with Gasteiger partial charge in [0.05, 0.1) is 5.75 Å². The Morgan fingerprint density at radius 3 is 2.56 bits per heavy atom. The van der Waals surface area contributed by atoms with Crippen molar-refractivity contribution >= 4 is 46.9 Å². The topological polar surface area (TPSA) is 49.4 Å². The predicted octanol–water partition coefficient (Wildman–Crippen LogP) is 5.82. The molecule has 0 aliphatic carbocycles. The Hall–Kier alpha value is -2.41. The van der Waals surface area contributed by atoms with E-state index in [-0.39, 0.29) is 17.2 Å². The van der Waals surface area contributed by atoms with Crippen molar-refractivity contribution in [3.63, 3.8) is 0 Å². The van der Waals surface area contributed by atoms with Gasteiger partial charge in [0.2, 0.25) is 5.91 Å². The SMILES string of the molecule is O=C(NCCSCc1cccc(Cl)c1)c1ccc([C@@H]2SCC(=O)N2CCc2ccccc2)cc1. The molecule has 1 aliphatic heterocycles. The van der Waals surface area contributed by atoms with Crippen LogP contribution in [0.25, 0.3) is 0 Å². The highest BCUT2D eigenvalue weighted by Gasteiger charge is 2.32. The summed E-state index contributed by atoms with van der Waals surface area (Å²) in [5.74, 6) is 2.28. The van der Waals surface area contributed by atoms with E-state index < -0.39 is 0 Å². The van der Waals surface area contributed by atoms with E-state index in [2.05, 4.69) is 23.5 Å². The van der Waals surface area contributed by atoms with E-state index in [9.17, 15) is 9.59 Å². The maximum atomic E-state index is 12.5. The number of halogens is 1. The third-order valence-corrected chi connectivity index (χ3v) is 8.12. The first-order valence-corrected chi connectivity index (χ1v) is 13.8.